The number of para-hydroxylation sites is 1. The molecule has 1 aromatic heterocycles. The van der Waals surface area contributed by atoms with Crippen LogP contribution in [0.4, 0.5) is 4.79 Å². The molecule has 2 amide bonds. The fourth-order valence-corrected chi connectivity index (χ4v) is 3.31. The lowest BCUT2D eigenvalue weighted by molar-refractivity contribution is 0.0500. The quantitative estimate of drug-likeness (QED) is 0.747. The number of ether oxygens (including phenoxy) is 1. The molecule has 1 aliphatic rings. The molecule has 1 heterocycles. The van der Waals surface area contributed by atoms with Gasteiger partial charge in [0, 0.05) is 11.9 Å². The number of urea groups is 1. The van der Waals surface area contributed by atoms with Crippen LogP contribution in [-0.4, -0.2) is 29.9 Å². The van der Waals surface area contributed by atoms with Crippen LogP contribution in [0.25, 0.3) is 11.0 Å². The third-order valence-electron chi connectivity index (χ3n) is 4.71. The second-order valence-electron chi connectivity index (χ2n) is 6.74. The summed E-state index contributed by atoms with van der Waals surface area (Å²) >= 11 is 0. The van der Waals surface area contributed by atoms with Gasteiger partial charge in [0.1, 0.15) is 5.76 Å². The Kier molecular flexibility index (Phi) is 5.18. The fraction of sp³-hybridized carbons (Fsp3) is 0.526. The van der Waals surface area contributed by atoms with Gasteiger partial charge in [0.15, 0.2) is 11.3 Å². The number of hydrogen-bond donors (Lipinski definition) is 3. The Morgan fingerprint density at radius 3 is 2.88 bits per heavy atom. The van der Waals surface area contributed by atoms with Gasteiger partial charge in [0.25, 0.3) is 0 Å². The number of furan rings is 1. The van der Waals surface area contributed by atoms with Gasteiger partial charge in [-0.25, -0.2) is 4.79 Å². The molecule has 1 unspecified atom stereocenters. The molecule has 1 atom stereocenters. The van der Waals surface area contributed by atoms with Crippen molar-refractivity contribution in [3.05, 3.63) is 30.0 Å². The van der Waals surface area contributed by atoms with Crippen LogP contribution in [0.3, 0.4) is 0 Å². The molecule has 3 N–H and O–H groups in total. The normalized spacial score (nSPS) is 17.4. The predicted octanol–water partition coefficient (Wildman–Crippen LogP) is 3.50. The zero-order valence-corrected chi connectivity index (χ0v) is 14.8. The zero-order chi connectivity index (χ0) is 17.9. The van der Waals surface area contributed by atoms with E-state index in [0.29, 0.717) is 23.7 Å². The van der Waals surface area contributed by atoms with E-state index in [4.69, 9.17) is 9.15 Å². The minimum atomic E-state index is -0.758. The Labute approximate surface area is 147 Å². The van der Waals surface area contributed by atoms with E-state index in [9.17, 15) is 9.90 Å². The van der Waals surface area contributed by atoms with Crippen LogP contribution >= 0.6 is 0 Å². The summed E-state index contributed by atoms with van der Waals surface area (Å²) in [6, 6.07) is 7.05. The number of carbonyl (C=O) groups excluding carboxylic acids is 1. The van der Waals surface area contributed by atoms with Gasteiger partial charge in [-0.1, -0.05) is 25.0 Å². The molecule has 0 bridgehead atoms. The van der Waals surface area contributed by atoms with Gasteiger partial charge < -0.3 is 24.9 Å². The first kappa shape index (κ1) is 17.6. The molecule has 6 nitrogen and oxygen atoms in total. The number of nitrogens with one attached hydrogen (secondary N) is 2. The standard InChI is InChI=1S/C19H26N2O4/c1-3-24-15-8-6-7-14-11-16(25-17(14)15)13(2)21-18(22)20-12-19(23)9-4-5-10-19/h6-8,11,13,23H,3-5,9-10,12H2,1-2H3,(H2,20,21,22). The van der Waals surface area contributed by atoms with Crippen LogP contribution < -0.4 is 15.4 Å². The number of benzene rings is 1. The number of hydrogen-bond acceptors (Lipinski definition) is 4. The molecule has 2 aromatic rings. The van der Waals surface area contributed by atoms with Crippen LogP contribution in [0.15, 0.2) is 28.7 Å². The number of rotatable bonds is 6. The lowest BCUT2D eigenvalue weighted by Gasteiger charge is -2.23. The minimum Gasteiger partial charge on any atom is -0.490 e. The van der Waals surface area contributed by atoms with Crippen molar-refractivity contribution in [2.45, 2.75) is 51.2 Å². The molecule has 0 aliphatic heterocycles. The van der Waals surface area contributed by atoms with Gasteiger partial charge >= 0.3 is 6.03 Å². The number of fused-ring (bicyclic) bond motifs is 1. The third-order valence-corrected chi connectivity index (χ3v) is 4.71. The first-order valence-electron chi connectivity index (χ1n) is 8.93. The van der Waals surface area contributed by atoms with Crippen molar-refractivity contribution in [2.75, 3.05) is 13.2 Å². The lowest BCUT2D eigenvalue weighted by Crippen LogP contribution is -2.45. The van der Waals surface area contributed by atoms with Gasteiger partial charge in [0.05, 0.1) is 18.2 Å². The molecule has 0 spiro atoms. The summed E-state index contributed by atoms with van der Waals surface area (Å²) in [6.07, 6.45) is 3.51. The molecular weight excluding hydrogens is 320 g/mol. The van der Waals surface area contributed by atoms with Crippen molar-refractivity contribution in [1.82, 2.24) is 10.6 Å². The summed E-state index contributed by atoms with van der Waals surface area (Å²) in [5.41, 5.74) is -0.0690. The average molecular weight is 346 g/mol. The van der Waals surface area contributed by atoms with Crippen molar-refractivity contribution >= 4 is 17.0 Å². The maximum atomic E-state index is 12.1. The monoisotopic (exact) mass is 346 g/mol. The lowest BCUT2D eigenvalue weighted by atomic mass is 10.0. The van der Waals surface area contributed by atoms with E-state index in [0.717, 1.165) is 31.1 Å². The molecule has 6 heteroatoms. The average Bonchev–Trinajstić information content (AvgIpc) is 3.21. The second kappa shape index (κ2) is 7.35. The Morgan fingerprint density at radius 2 is 2.16 bits per heavy atom. The summed E-state index contributed by atoms with van der Waals surface area (Å²) < 4.78 is 11.5. The molecule has 25 heavy (non-hydrogen) atoms. The highest BCUT2D eigenvalue weighted by molar-refractivity contribution is 5.84. The highest BCUT2D eigenvalue weighted by Crippen LogP contribution is 2.31. The van der Waals surface area contributed by atoms with E-state index in [1.54, 1.807) is 0 Å². The first-order chi connectivity index (χ1) is 12.0. The van der Waals surface area contributed by atoms with Gasteiger partial charge in [-0.2, -0.15) is 0 Å². The maximum Gasteiger partial charge on any atom is 0.315 e. The topological polar surface area (TPSA) is 83.7 Å². The Bertz CT molecular complexity index is 734. The Hall–Kier alpha value is -2.21. The molecule has 0 saturated heterocycles. The highest BCUT2D eigenvalue weighted by atomic mass is 16.5. The Morgan fingerprint density at radius 1 is 1.40 bits per heavy atom. The number of carbonyl (C=O) groups is 1. The van der Waals surface area contributed by atoms with Crippen molar-refractivity contribution in [2.24, 2.45) is 0 Å². The van der Waals surface area contributed by atoms with Crippen molar-refractivity contribution in [3.63, 3.8) is 0 Å². The van der Waals surface area contributed by atoms with E-state index >= 15 is 0 Å². The summed E-state index contributed by atoms with van der Waals surface area (Å²) in [7, 11) is 0. The van der Waals surface area contributed by atoms with Crippen molar-refractivity contribution < 1.29 is 19.1 Å². The summed E-state index contributed by atoms with van der Waals surface area (Å²) in [4.78, 5) is 12.1. The van der Waals surface area contributed by atoms with E-state index in [1.165, 1.54) is 0 Å². The third kappa shape index (κ3) is 4.07. The SMILES string of the molecule is CCOc1cccc2cc(C(C)NC(=O)NCC3(O)CCCC3)oc12. The molecule has 0 radical (unpaired) electrons. The molecule has 1 aliphatic carbocycles. The number of aliphatic hydroxyl groups is 1. The van der Waals surface area contributed by atoms with E-state index in [-0.39, 0.29) is 18.6 Å². The maximum absolute atomic E-state index is 12.1. The minimum absolute atomic E-state index is 0.278. The van der Waals surface area contributed by atoms with E-state index < -0.39 is 5.60 Å². The zero-order valence-electron chi connectivity index (χ0n) is 14.8. The van der Waals surface area contributed by atoms with E-state index in [1.807, 2.05) is 38.1 Å². The fourth-order valence-electron chi connectivity index (χ4n) is 3.31. The van der Waals surface area contributed by atoms with Crippen molar-refractivity contribution in [3.8, 4) is 5.75 Å². The molecular formula is C19H26N2O4. The van der Waals surface area contributed by atoms with Crippen molar-refractivity contribution in [1.29, 1.82) is 0 Å². The summed E-state index contributed by atoms with van der Waals surface area (Å²) in [5, 5.41) is 16.9. The summed E-state index contributed by atoms with van der Waals surface area (Å²) in [5.74, 6) is 1.36. The van der Waals surface area contributed by atoms with Gasteiger partial charge in [0.2, 0.25) is 0 Å². The van der Waals surface area contributed by atoms with Crippen LogP contribution in [0, 0.1) is 0 Å². The molecule has 3 rings (SSSR count). The van der Waals surface area contributed by atoms with E-state index in [2.05, 4.69) is 10.6 Å². The van der Waals surface area contributed by atoms with Gasteiger partial charge in [-0.3, -0.25) is 0 Å². The summed E-state index contributed by atoms with van der Waals surface area (Å²) in [6.45, 7) is 4.63. The first-order valence-corrected chi connectivity index (χ1v) is 8.93. The van der Waals surface area contributed by atoms with Gasteiger partial charge in [-0.15, -0.1) is 0 Å². The van der Waals surface area contributed by atoms with Crippen LogP contribution in [0.5, 0.6) is 5.75 Å². The Balaban J connectivity index is 1.62. The van der Waals surface area contributed by atoms with Gasteiger partial charge in [-0.05, 0) is 38.8 Å². The smallest absolute Gasteiger partial charge is 0.315 e. The molecule has 1 saturated carbocycles. The molecule has 136 valence electrons. The van der Waals surface area contributed by atoms with Crippen LogP contribution in [0.1, 0.15) is 51.3 Å². The van der Waals surface area contributed by atoms with Crippen LogP contribution in [0.2, 0.25) is 0 Å². The largest absolute Gasteiger partial charge is 0.490 e. The molecule has 1 fully saturated rings. The highest BCUT2D eigenvalue weighted by Gasteiger charge is 2.31. The predicted molar refractivity (Wildman–Crippen MR) is 95.8 cm³/mol. The van der Waals surface area contributed by atoms with Crippen LogP contribution in [-0.2, 0) is 0 Å². The second-order valence-corrected chi connectivity index (χ2v) is 6.74. The number of amides is 2. The molecule has 1 aromatic carbocycles.